The van der Waals surface area contributed by atoms with Crippen LogP contribution in [0, 0.1) is 19.3 Å². The van der Waals surface area contributed by atoms with E-state index in [1.165, 1.54) is 0 Å². The molecular weight excluding hydrogens is 324 g/mol. The summed E-state index contributed by atoms with van der Waals surface area (Å²) in [6, 6.07) is 12.5. The molecular formula is C19H21ClN2O2. The number of carbonyl (C=O) groups excluding carboxylic acids is 2. The number of rotatable bonds is 4. The number of halogens is 1. The highest BCUT2D eigenvalue weighted by Crippen LogP contribution is 2.24. The van der Waals surface area contributed by atoms with E-state index < -0.39 is 5.41 Å². The van der Waals surface area contributed by atoms with E-state index in [0.29, 0.717) is 16.4 Å². The number of nitrogens with one attached hydrogen (secondary N) is 2. The fourth-order valence-electron chi connectivity index (χ4n) is 2.16. The van der Waals surface area contributed by atoms with E-state index in [9.17, 15) is 9.59 Å². The number of amides is 2. The zero-order chi connectivity index (χ0) is 17.9. The van der Waals surface area contributed by atoms with Crippen molar-refractivity contribution in [2.75, 3.05) is 10.6 Å². The number of benzene rings is 2. The van der Waals surface area contributed by atoms with Crippen LogP contribution in [0.15, 0.2) is 42.5 Å². The van der Waals surface area contributed by atoms with Crippen LogP contribution in [-0.2, 0) is 9.59 Å². The summed E-state index contributed by atoms with van der Waals surface area (Å²) >= 11 is 5.83. The third-order valence-electron chi connectivity index (χ3n) is 3.87. The van der Waals surface area contributed by atoms with Crippen molar-refractivity contribution in [1.82, 2.24) is 0 Å². The molecule has 2 aromatic carbocycles. The first-order chi connectivity index (χ1) is 11.2. The van der Waals surface area contributed by atoms with Gasteiger partial charge in [-0.1, -0.05) is 29.3 Å². The zero-order valence-corrected chi connectivity index (χ0v) is 15.0. The van der Waals surface area contributed by atoms with Gasteiger partial charge in [0.2, 0.25) is 11.8 Å². The Hall–Kier alpha value is -2.33. The summed E-state index contributed by atoms with van der Waals surface area (Å²) in [7, 11) is 0. The Morgan fingerprint density at radius 3 is 2.08 bits per heavy atom. The molecule has 2 rings (SSSR count). The average molecular weight is 345 g/mol. The molecule has 0 aliphatic carbocycles. The summed E-state index contributed by atoms with van der Waals surface area (Å²) in [4.78, 5) is 25.0. The Balaban J connectivity index is 2.11. The molecule has 0 saturated carbocycles. The zero-order valence-electron chi connectivity index (χ0n) is 14.2. The Labute approximate surface area is 147 Å². The van der Waals surface area contributed by atoms with Gasteiger partial charge in [-0.15, -0.1) is 0 Å². The van der Waals surface area contributed by atoms with Crippen molar-refractivity contribution in [3.63, 3.8) is 0 Å². The first kappa shape index (κ1) is 18.0. The molecule has 0 atom stereocenters. The van der Waals surface area contributed by atoms with Gasteiger partial charge >= 0.3 is 0 Å². The Bertz CT molecular complexity index is 767. The monoisotopic (exact) mass is 344 g/mol. The molecule has 0 fully saturated rings. The van der Waals surface area contributed by atoms with Crippen molar-refractivity contribution in [3.05, 3.63) is 58.6 Å². The second-order valence-electron chi connectivity index (χ2n) is 6.36. The highest BCUT2D eigenvalue weighted by Gasteiger charge is 2.36. The van der Waals surface area contributed by atoms with Crippen LogP contribution in [0.2, 0.25) is 5.02 Å². The van der Waals surface area contributed by atoms with E-state index in [4.69, 9.17) is 11.6 Å². The van der Waals surface area contributed by atoms with Crippen molar-refractivity contribution < 1.29 is 9.59 Å². The minimum atomic E-state index is -1.23. The van der Waals surface area contributed by atoms with Crippen LogP contribution in [0.3, 0.4) is 0 Å². The van der Waals surface area contributed by atoms with Crippen LogP contribution < -0.4 is 10.6 Å². The van der Waals surface area contributed by atoms with Crippen LogP contribution in [-0.4, -0.2) is 11.8 Å². The van der Waals surface area contributed by atoms with Crippen LogP contribution in [0.4, 0.5) is 11.4 Å². The fraction of sp³-hybridized carbons (Fsp3) is 0.263. The van der Waals surface area contributed by atoms with Gasteiger partial charge in [0, 0.05) is 16.4 Å². The van der Waals surface area contributed by atoms with Gasteiger partial charge in [-0.3, -0.25) is 9.59 Å². The normalized spacial score (nSPS) is 11.0. The van der Waals surface area contributed by atoms with E-state index in [1.807, 2.05) is 32.0 Å². The summed E-state index contributed by atoms with van der Waals surface area (Å²) in [6.07, 6.45) is 0. The minimum absolute atomic E-state index is 0.360. The maximum atomic E-state index is 12.6. The van der Waals surface area contributed by atoms with Gasteiger partial charge in [0.1, 0.15) is 5.41 Å². The molecule has 2 aromatic rings. The van der Waals surface area contributed by atoms with Gasteiger partial charge in [-0.25, -0.2) is 0 Å². The quantitative estimate of drug-likeness (QED) is 0.799. The van der Waals surface area contributed by atoms with Crippen LogP contribution in [0.25, 0.3) is 0 Å². The van der Waals surface area contributed by atoms with Gasteiger partial charge in [0.15, 0.2) is 0 Å². The van der Waals surface area contributed by atoms with Gasteiger partial charge in [0.05, 0.1) is 0 Å². The summed E-state index contributed by atoms with van der Waals surface area (Å²) in [5, 5.41) is 6.16. The summed E-state index contributed by atoms with van der Waals surface area (Å²) in [5.74, 6) is -0.743. The smallest absolute Gasteiger partial charge is 0.239 e. The molecule has 0 aliphatic heterocycles. The van der Waals surface area contributed by atoms with Crippen LogP contribution in [0.1, 0.15) is 25.0 Å². The third kappa shape index (κ3) is 4.15. The van der Waals surface area contributed by atoms with E-state index in [-0.39, 0.29) is 11.8 Å². The molecule has 2 amide bonds. The second kappa shape index (κ2) is 7.05. The number of carbonyl (C=O) groups is 2. The van der Waals surface area contributed by atoms with Crippen molar-refractivity contribution in [1.29, 1.82) is 0 Å². The van der Waals surface area contributed by atoms with E-state index in [0.717, 1.165) is 11.1 Å². The maximum Gasteiger partial charge on any atom is 0.239 e. The second-order valence-corrected chi connectivity index (χ2v) is 6.79. The van der Waals surface area contributed by atoms with Gasteiger partial charge in [-0.05, 0) is 63.6 Å². The number of hydrogen-bond acceptors (Lipinski definition) is 2. The molecule has 0 aliphatic rings. The highest BCUT2D eigenvalue weighted by atomic mass is 35.5. The highest BCUT2D eigenvalue weighted by molar-refractivity contribution is 6.30. The van der Waals surface area contributed by atoms with Crippen LogP contribution >= 0.6 is 11.6 Å². The van der Waals surface area contributed by atoms with Crippen molar-refractivity contribution in [2.24, 2.45) is 5.41 Å². The molecule has 24 heavy (non-hydrogen) atoms. The van der Waals surface area contributed by atoms with Gasteiger partial charge < -0.3 is 10.6 Å². The molecule has 0 radical (unpaired) electrons. The van der Waals surface area contributed by atoms with E-state index in [2.05, 4.69) is 10.6 Å². The lowest BCUT2D eigenvalue weighted by Crippen LogP contribution is -2.41. The maximum absolute atomic E-state index is 12.6. The summed E-state index contributed by atoms with van der Waals surface area (Å²) < 4.78 is 0. The topological polar surface area (TPSA) is 58.2 Å². The summed E-state index contributed by atoms with van der Waals surface area (Å²) in [5.41, 5.74) is 2.15. The molecule has 0 unspecified atom stereocenters. The Morgan fingerprint density at radius 1 is 0.917 bits per heavy atom. The molecule has 4 nitrogen and oxygen atoms in total. The predicted octanol–water partition coefficient (Wildman–Crippen LogP) is 4.56. The van der Waals surface area contributed by atoms with Crippen molar-refractivity contribution >= 4 is 34.8 Å². The van der Waals surface area contributed by atoms with Crippen molar-refractivity contribution in [3.8, 4) is 0 Å². The third-order valence-corrected chi connectivity index (χ3v) is 4.12. The first-order valence-corrected chi connectivity index (χ1v) is 8.03. The Morgan fingerprint density at radius 2 is 1.50 bits per heavy atom. The molecule has 0 heterocycles. The van der Waals surface area contributed by atoms with Crippen LogP contribution in [0.5, 0.6) is 0 Å². The molecule has 0 aromatic heterocycles. The lowest BCUT2D eigenvalue weighted by molar-refractivity contribution is -0.135. The predicted molar refractivity (Wildman–Crippen MR) is 98.4 cm³/mol. The largest absolute Gasteiger partial charge is 0.325 e. The first-order valence-electron chi connectivity index (χ1n) is 7.66. The molecule has 0 saturated heterocycles. The SMILES string of the molecule is Cc1ccc(NC(=O)C(C)(C)C(=O)Nc2ccc(Cl)cc2)c(C)c1. The molecule has 2 N–H and O–H groups in total. The van der Waals surface area contributed by atoms with Gasteiger partial charge in [-0.2, -0.15) is 0 Å². The van der Waals surface area contributed by atoms with E-state index in [1.54, 1.807) is 38.1 Å². The number of aryl methyl sites for hydroxylation is 2. The molecule has 126 valence electrons. The molecule has 0 bridgehead atoms. The number of hydrogen-bond donors (Lipinski definition) is 2. The lowest BCUT2D eigenvalue weighted by atomic mass is 9.90. The lowest BCUT2D eigenvalue weighted by Gasteiger charge is -2.23. The minimum Gasteiger partial charge on any atom is -0.325 e. The molecule has 5 heteroatoms. The van der Waals surface area contributed by atoms with Crippen molar-refractivity contribution in [2.45, 2.75) is 27.7 Å². The van der Waals surface area contributed by atoms with E-state index >= 15 is 0 Å². The number of anilines is 2. The fourth-order valence-corrected chi connectivity index (χ4v) is 2.28. The standard InChI is InChI=1S/C19H21ClN2O2/c1-12-5-10-16(13(2)11-12)22-18(24)19(3,4)17(23)21-15-8-6-14(20)7-9-15/h5-11H,1-4H3,(H,21,23)(H,22,24). The summed E-state index contributed by atoms with van der Waals surface area (Å²) in [6.45, 7) is 7.10. The average Bonchev–Trinajstić information content (AvgIpc) is 2.52. The molecule has 0 spiro atoms. The Kier molecular flexibility index (Phi) is 5.30. The van der Waals surface area contributed by atoms with Gasteiger partial charge in [0.25, 0.3) is 0 Å².